The molecule has 8 nitrogen and oxygen atoms in total. The smallest absolute Gasteiger partial charge is 0.304 e. The molecule has 0 aromatic heterocycles. The molecule has 0 fully saturated rings. The number of nitrogens with one attached hydrogen (secondary N) is 1. The van der Waals surface area contributed by atoms with Gasteiger partial charge in [-0.2, -0.15) is 12.7 Å². The molecule has 0 aliphatic rings. The summed E-state index contributed by atoms with van der Waals surface area (Å²) in [6.07, 6.45) is 0. The monoisotopic (exact) mass is 526 g/mol. The maximum absolute atomic E-state index is 14.6. The lowest BCUT2D eigenvalue weighted by atomic mass is 10.1. The number of rotatable bonds is 9. The largest absolute Gasteiger partial charge is 0.350 e. The molecule has 1 atom stereocenters. The lowest BCUT2D eigenvalue weighted by Crippen LogP contribution is -2.55. The Hall–Kier alpha value is -2.69. The minimum atomic E-state index is -4.24. The first-order valence-corrected chi connectivity index (χ1v) is 12.7. The average molecular weight is 527 g/mol. The molecular formula is C24H32ClFN4O4S. The van der Waals surface area contributed by atoms with Crippen LogP contribution in [0.3, 0.4) is 0 Å². The van der Waals surface area contributed by atoms with E-state index in [9.17, 15) is 22.4 Å². The van der Waals surface area contributed by atoms with Crippen molar-refractivity contribution in [3.05, 3.63) is 64.9 Å². The Morgan fingerprint density at radius 2 is 1.71 bits per heavy atom. The number of benzene rings is 2. The van der Waals surface area contributed by atoms with E-state index >= 15 is 0 Å². The first kappa shape index (κ1) is 28.5. The Balaban J connectivity index is 2.49. The van der Waals surface area contributed by atoms with Crippen LogP contribution >= 0.6 is 11.6 Å². The van der Waals surface area contributed by atoms with Crippen LogP contribution in [0.15, 0.2) is 48.5 Å². The molecule has 2 rings (SSSR count). The summed E-state index contributed by atoms with van der Waals surface area (Å²) in [7, 11) is -1.66. The Kier molecular flexibility index (Phi) is 9.27. The topological polar surface area (TPSA) is 90.0 Å². The molecule has 0 bridgehead atoms. The molecule has 0 aliphatic carbocycles. The lowest BCUT2D eigenvalue weighted by molar-refractivity contribution is -0.140. The predicted molar refractivity (Wildman–Crippen MR) is 136 cm³/mol. The third kappa shape index (κ3) is 7.65. The fourth-order valence-electron chi connectivity index (χ4n) is 3.24. The molecule has 1 N–H and O–H groups in total. The van der Waals surface area contributed by atoms with Crippen molar-refractivity contribution in [3.8, 4) is 0 Å². The van der Waals surface area contributed by atoms with Crippen LogP contribution in [0.2, 0.25) is 5.02 Å². The van der Waals surface area contributed by atoms with Gasteiger partial charge < -0.3 is 10.2 Å². The van der Waals surface area contributed by atoms with Crippen LogP contribution in [0, 0.1) is 5.82 Å². The molecule has 0 saturated heterocycles. The summed E-state index contributed by atoms with van der Waals surface area (Å²) in [4.78, 5) is 27.8. The van der Waals surface area contributed by atoms with E-state index in [0.29, 0.717) is 14.9 Å². The fourth-order valence-corrected chi connectivity index (χ4v) is 4.52. The summed E-state index contributed by atoms with van der Waals surface area (Å²) in [5, 5.41) is 3.28. The van der Waals surface area contributed by atoms with E-state index in [-0.39, 0.29) is 12.2 Å². The summed E-state index contributed by atoms with van der Waals surface area (Å²) in [6.45, 7) is 6.26. The van der Waals surface area contributed by atoms with Crippen LogP contribution in [-0.4, -0.2) is 61.7 Å². The Bertz CT molecular complexity index is 1170. The Morgan fingerprint density at radius 3 is 2.26 bits per heavy atom. The number of hydrogen-bond donors (Lipinski definition) is 1. The van der Waals surface area contributed by atoms with Gasteiger partial charge in [0.1, 0.15) is 18.4 Å². The van der Waals surface area contributed by atoms with E-state index in [0.717, 1.165) is 10.4 Å². The fraction of sp³-hybridized carbons (Fsp3) is 0.417. The van der Waals surface area contributed by atoms with Crippen LogP contribution < -0.4 is 9.62 Å². The molecule has 0 saturated carbocycles. The molecule has 35 heavy (non-hydrogen) atoms. The third-order valence-electron chi connectivity index (χ3n) is 5.05. The van der Waals surface area contributed by atoms with Gasteiger partial charge in [-0.15, -0.1) is 0 Å². The number of halogens is 2. The van der Waals surface area contributed by atoms with Crippen molar-refractivity contribution in [3.63, 3.8) is 0 Å². The molecule has 0 heterocycles. The molecular weight excluding hydrogens is 495 g/mol. The van der Waals surface area contributed by atoms with Gasteiger partial charge in [-0.3, -0.25) is 9.59 Å². The summed E-state index contributed by atoms with van der Waals surface area (Å²) >= 11 is 6.10. The van der Waals surface area contributed by atoms with Crippen molar-refractivity contribution in [1.82, 2.24) is 14.5 Å². The number of carbonyl (C=O) groups is 2. The van der Waals surface area contributed by atoms with E-state index in [1.807, 2.05) is 20.8 Å². The normalized spacial score (nSPS) is 12.8. The molecule has 11 heteroatoms. The van der Waals surface area contributed by atoms with E-state index in [1.54, 1.807) is 31.2 Å². The molecule has 2 aromatic carbocycles. The van der Waals surface area contributed by atoms with Crippen LogP contribution in [0.4, 0.5) is 10.1 Å². The zero-order valence-electron chi connectivity index (χ0n) is 20.7. The molecule has 192 valence electrons. The highest BCUT2D eigenvalue weighted by Crippen LogP contribution is 2.24. The zero-order chi connectivity index (χ0) is 26.6. The van der Waals surface area contributed by atoms with Gasteiger partial charge in [0.05, 0.1) is 5.69 Å². The first-order valence-electron chi connectivity index (χ1n) is 10.9. The molecule has 0 radical (unpaired) electrons. The summed E-state index contributed by atoms with van der Waals surface area (Å²) < 4.78 is 42.3. The molecule has 0 unspecified atom stereocenters. The van der Waals surface area contributed by atoms with Gasteiger partial charge in [0.25, 0.3) is 0 Å². The van der Waals surface area contributed by atoms with E-state index < -0.39 is 46.0 Å². The number of hydrogen-bond acceptors (Lipinski definition) is 4. The number of amides is 2. The van der Waals surface area contributed by atoms with Crippen LogP contribution in [0.5, 0.6) is 0 Å². The van der Waals surface area contributed by atoms with E-state index in [4.69, 9.17) is 11.6 Å². The lowest BCUT2D eigenvalue weighted by Gasteiger charge is -2.34. The van der Waals surface area contributed by atoms with E-state index in [2.05, 4.69) is 5.32 Å². The number of anilines is 1. The van der Waals surface area contributed by atoms with Crippen molar-refractivity contribution in [2.75, 3.05) is 24.9 Å². The average Bonchev–Trinajstić information content (AvgIpc) is 2.74. The SMILES string of the molecule is C[C@@H](C(=O)NC(C)(C)C)N(Cc1cccc(Cl)c1)C(=O)CN(c1ccccc1F)S(=O)(=O)N(C)C. The van der Waals surface area contributed by atoms with E-state index in [1.165, 1.54) is 37.2 Å². The minimum absolute atomic E-state index is 0.00868. The minimum Gasteiger partial charge on any atom is -0.350 e. The van der Waals surface area contributed by atoms with Gasteiger partial charge in [-0.1, -0.05) is 35.9 Å². The zero-order valence-corrected chi connectivity index (χ0v) is 22.3. The number of carbonyl (C=O) groups excluding carboxylic acids is 2. The second-order valence-electron chi connectivity index (χ2n) is 9.32. The summed E-state index contributed by atoms with van der Waals surface area (Å²) in [5.74, 6) is -1.90. The molecule has 2 amide bonds. The van der Waals surface area contributed by atoms with Crippen molar-refractivity contribution in [2.24, 2.45) is 0 Å². The number of nitrogens with zero attached hydrogens (tertiary/aromatic N) is 3. The first-order chi connectivity index (χ1) is 16.1. The highest BCUT2D eigenvalue weighted by Gasteiger charge is 2.34. The van der Waals surface area contributed by atoms with Crippen molar-refractivity contribution in [2.45, 2.75) is 45.8 Å². The summed E-state index contributed by atoms with van der Waals surface area (Å²) in [6, 6.07) is 11.1. The maximum Gasteiger partial charge on any atom is 0.304 e. The van der Waals surface area contributed by atoms with Gasteiger partial charge in [0, 0.05) is 31.2 Å². The van der Waals surface area contributed by atoms with Crippen LogP contribution in [0.1, 0.15) is 33.3 Å². The van der Waals surface area contributed by atoms with Gasteiger partial charge >= 0.3 is 10.2 Å². The standard InChI is InChI=1S/C24H32ClFN4O4S/c1-17(23(32)27-24(2,3)4)29(15-18-10-9-11-19(25)14-18)22(31)16-30(35(33,34)28(5)6)21-13-8-7-12-20(21)26/h7-14,17H,15-16H2,1-6H3,(H,27,32)/t17-/m0/s1. The molecule has 0 spiro atoms. The van der Waals surface area contributed by atoms with Gasteiger partial charge in [-0.25, -0.2) is 8.70 Å². The van der Waals surface area contributed by atoms with Crippen molar-refractivity contribution in [1.29, 1.82) is 0 Å². The third-order valence-corrected chi connectivity index (χ3v) is 7.09. The quantitative estimate of drug-likeness (QED) is 0.542. The second kappa shape index (κ2) is 11.4. The van der Waals surface area contributed by atoms with Crippen LogP contribution in [0.25, 0.3) is 0 Å². The highest BCUT2D eigenvalue weighted by atomic mass is 35.5. The Labute approximate surface area is 211 Å². The van der Waals surface area contributed by atoms with Gasteiger partial charge in [0.15, 0.2) is 0 Å². The van der Waals surface area contributed by atoms with Crippen molar-refractivity contribution < 1.29 is 22.4 Å². The van der Waals surface area contributed by atoms with Gasteiger partial charge in [0.2, 0.25) is 11.8 Å². The molecule has 2 aromatic rings. The van der Waals surface area contributed by atoms with Crippen LogP contribution in [-0.2, 0) is 26.3 Å². The Morgan fingerprint density at radius 1 is 1.09 bits per heavy atom. The van der Waals surface area contributed by atoms with Gasteiger partial charge in [-0.05, 0) is 57.5 Å². The highest BCUT2D eigenvalue weighted by molar-refractivity contribution is 7.90. The number of para-hydroxylation sites is 1. The summed E-state index contributed by atoms with van der Waals surface area (Å²) in [5.41, 5.74) is -0.179. The predicted octanol–water partition coefficient (Wildman–Crippen LogP) is 3.42. The maximum atomic E-state index is 14.6. The van der Waals surface area contributed by atoms with Crippen molar-refractivity contribution >= 4 is 39.3 Å². The second-order valence-corrected chi connectivity index (χ2v) is 11.8. The molecule has 0 aliphatic heterocycles.